The summed E-state index contributed by atoms with van der Waals surface area (Å²) in [5, 5.41) is 2.56. The van der Waals surface area contributed by atoms with Gasteiger partial charge in [-0.05, 0) is 34.6 Å². The molecule has 0 fully saturated rings. The minimum atomic E-state index is 0.181. The van der Waals surface area contributed by atoms with Crippen molar-refractivity contribution in [2.45, 2.75) is 26.2 Å². The van der Waals surface area contributed by atoms with E-state index in [0.717, 1.165) is 0 Å². The minimum Gasteiger partial charge on any atom is -0.211 e. The molecule has 0 amide bonds. The number of fused-ring (bicyclic) bond motifs is 1. The van der Waals surface area contributed by atoms with E-state index in [9.17, 15) is 0 Å². The van der Waals surface area contributed by atoms with E-state index in [0.29, 0.717) is 0 Å². The molecule has 1 N–H and O–H groups in total. The van der Waals surface area contributed by atoms with Gasteiger partial charge < -0.3 is 0 Å². The summed E-state index contributed by atoms with van der Waals surface area (Å²) in [5.74, 6) is 0. The summed E-state index contributed by atoms with van der Waals surface area (Å²) in [4.78, 5) is 3.39. The monoisotopic (exact) mass is 262 g/mol. The van der Waals surface area contributed by atoms with Crippen LogP contribution in [0.1, 0.15) is 26.3 Å². The molecule has 0 spiro atoms. The van der Waals surface area contributed by atoms with Gasteiger partial charge in [-0.3, -0.25) is 0 Å². The average molecular weight is 262 g/mol. The molecule has 1 heteroatoms. The van der Waals surface area contributed by atoms with Crippen molar-refractivity contribution in [1.82, 2.24) is 0 Å². The second-order valence-electron chi connectivity index (χ2n) is 6.27. The molecule has 0 aliphatic carbocycles. The van der Waals surface area contributed by atoms with Gasteiger partial charge >= 0.3 is 0 Å². The summed E-state index contributed by atoms with van der Waals surface area (Å²) in [6.45, 7) is 6.75. The topological polar surface area (TPSA) is 14.1 Å². The van der Waals surface area contributed by atoms with Crippen LogP contribution in [0.3, 0.4) is 0 Å². The summed E-state index contributed by atoms with van der Waals surface area (Å²) in [7, 11) is 0. The first kappa shape index (κ1) is 12.9. The summed E-state index contributed by atoms with van der Waals surface area (Å²) in [6, 6.07) is 19.4. The Labute approximate surface area is 120 Å². The lowest BCUT2D eigenvalue weighted by atomic mass is 9.85. The third-order valence-electron chi connectivity index (χ3n) is 3.74. The molecule has 0 aliphatic rings. The summed E-state index contributed by atoms with van der Waals surface area (Å²) < 4.78 is 0. The Morgan fingerprint density at radius 2 is 1.60 bits per heavy atom. The first-order valence-corrected chi connectivity index (χ1v) is 7.06. The zero-order valence-electron chi connectivity index (χ0n) is 12.3. The lowest BCUT2D eigenvalue weighted by molar-refractivity contribution is -0.362. The van der Waals surface area contributed by atoms with E-state index in [-0.39, 0.29) is 5.41 Å². The Balaban J connectivity index is 2.22. The second-order valence-corrected chi connectivity index (χ2v) is 6.27. The van der Waals surface area contributed by atoms with E-state index in [1.807, 2.05) is 12.3 Å². The van der Waals surface area contributed by atoms with Crippen molar-refractivity contribution in [3.63, 3.8) is 0 Å². The molecule has 0 bridgehead atoms. The van der Waals surface area contributed by atoms with Crippen molar-refractivity contribution in [2.24, 2.45) is 0 Å². The second kappa shape index (κ2) is 4.75. The van der Waals surface area contributed by atoms with Gasteiger partial charge in [-0.15, -0.1) is 0 Å². The molecule has 1 aromatic heterocycles. The summed E-state index contributed by atoms with van der Waals surface area (Å²) >= 11 is 0. The number of aromatic nitrogens is 1. The minimum absolute atomic E-state index is 0.181. The van der Waals surface area contributed by atoms with Crippen molar-refractivity contribution in [2.75, 3.05) is 0 Å². The molecule has 1 heterocycles. The molecule has 2 aromatic carbocycles. The quantitative estimate of drug-likeness (QED) is 0.607. The first-order valence-electron chi connectivity index (χ1n) is 7.06. The van der Waals surface area contributed by atoms with Crippen molar-refractivity contribution >= 4 is 10.8 Å². The van der Waals surface area contributed by atoms with E-state index in [4.69, 9.17) is 0 Å². The number of nitrogens with one attached hydrogen (secondary N) is 1. The Bertz CT molecular complexity index is 737. The number of benzene rings is 2. The highest BCUT2D eigenvalue weighted by Crippen LogP contribution is 2.29. The number of hydrogen-bond acceptors (Lipinski definition) is 0. The van der Waals surface area contributed by atoms with Gasteiger partial charge in [0.05, 0.1) is 5.39 Å². The van der Waals surface area contributed by atoms with Gasteiger partial charge in [0.25, 0.3) is 0 Å². The SMILES string of the molecule is CC(C)(C)c1ccc2c(-c3ccccc3)[nH+]ccc2c1. The Morgan fingerprint density at radius 3 is 2.30 bits per heavy atom. The lowest BCUT2D eigenvalue weighted by Crippen LogP contribution is -2.11. The van der Waals surface area contributed by atoms with Crippen LogP contribution in [0.2, 0.25) is 0 Å². The maximum atomic E-state index is 3.39. The van der Waals surface area contributed by atoms with E-state index < -0.39 is 0 Å². The highest BCUT2D eigenvalue weighted by Gasteiger charge is 2.16. The fourth-order valence-corrected chi connectivity index (χ4v) is 2.53. The summed E-state index contributed by atoms with van der Waals surface area (Å²) in [5.41, 5.74) is 3.96. The molecule has 1 nitrogen and oxygen atoms in total. The van der Waals surface area contributed by atoms with Crippen LogP contribution >= 0.6 is 0 Å². The highest BCUT2D eigenvalue weighted by atomic mass is 14.7. The van der Waals surface area contributed by atoms with Crippen LogP contribution in [0.15, 0.2) is 60.8 Å². The van der Waals surface area contributed by atoms with Crippen LogP contribution in [0.25, 0.3) is 22.0 Å². The van der Waals surface area contributed by atoms with Gasteiger partial charge in [0.1, 0.15) is 0 Å². The molecule has 0 unspecified atom stereocenters. The largest absolute Gasteiger partial charge is 0.218 e. The number of pyridine rings is 1. The highest BCUT2D eigenvalue weighted by molar-refractivity contribution is 5.93. The molecule has 20 heavy (non-hydrogen) atoms. The molecule has 3 rings (SSSR count). The Kier molecular flexibility index (Phi) is 3.06. The van der Waals surface area contributed by atoms with Gasteiger partial charge in [0.2, 0.25) is 5.69 Å². The van der Waals surface area contributed by atoms with Gasteiger partial charge in [-0.1, -0.05) is 51.1 Å². The fraction of sp³-hybridized carbons (Fsp3) is 0.211. The van der Waals surface area contributed by atoms with E-state index in [1.165, 1.54) is 27.6 Å². The predicted molar refractivity (Wildman–Crippen MR) is 84.6 cm³/mol. The molecule has 0 saturated heterocycles. The lowest BCUT2D eigenvalue weighted by Gasteiger charge is -2.19. The standard InChI is InChI=1S/C19H19N/c1-19(2,3)16-9-10-17-15(13-16)11-12-20-18(17)14-7-5-4-6-8-14/h4-13H,1-3H3/p+1. The Morgan fingerprint density at radius 1 is 0.850 bits per heavy atom. The zero-order chi connectivity index (χ0) is 14.2. The van der Waals surface area contributed by atoms with Crippen LogP contribution in [-0.2, 0) is 5.41 Å². The maximum Gasteiger partial charge on any atom is 0.218 e. The third kappa shape index (κ3) is 2.32. The van der Waals surface area contributed by atoms with Gasteiger partial charge in [-0.2, -0.15) is 0 Å². The predicted octanol–water partition coefficient (Wildman–Crippen LogP) is 4.62. The molecule has 0 atom stereocenters. The Hall–Kier alpha value is -2.15. The maximum absolute atomic E-state index is 3.39. The summed E-state index contributed by atoms with van der Waals surface area (Å²) in [6.07, 6.45) is 2.02. The van der Waals surface area contributed by atoms with E-state index in [2.05, 4.69) is 74.3 Å². The van der Waals surface area contributed by atoms with Gasteiger partial charge in [0.15, 0.2) is 6.20 Å². The molecular weight excluding hydrogens is 242 g/mol. The van der Waals surface area contributed by atoms with Crippen molar-refractivity contribution in [3.8, 4) is 11.3 Å². The molecule has 3 aromatic rings. The van der Waals surface area contributed by atoms with Crippen LogP contribution in [0.5, 0.6) is 0 Å². The number of rotatable bonds is 1. The molecule has 0 saturated carbocycles. The normalized spacial score (nSPS) is 11.8. The van der Waals surface area contributed by atoms with Crippen molar-refractivity contribution < 1.29 is 4.98 Å². The van der Waals surface area contributed by atoms with Crippen molar-refractivity contribution in [1.29, 1.82) is 0 Å². The molecular formula is C19H20N+. The van der Waals surface area contributed by atoms with Crippen molar-refractivity contribution in [3.05, 3.63) is 66.4 Å². The van der Waals surface area contributed by atoms with Crippen LogP contribution < -0.4 is 4.98 Å². The molecule has 0 radical (unpaired) electrons. The van der Waals surface area contributed by atoms with Gasteiger partial charge in [0, 0.05) is 11.6 Å². The third-order valence-corrected chi connectivity index (χ3v) is 3.74. The molecule has 0 aliphatic heterocycles. The van der Waals surface area contributed by atoms with Crippen LogP contribution in [0.4, 0.5) is 0 Å². The van der Waals surface area contributed by atoms with Gasteiger partial charge in [-0.25, -0.2) is 4.98 Å². The van der Waals surface area contributed by atoms with Crippen LogP contribution in [-0.4, -0.2) is 0 Å². The number of hydrogen-bond donors (Lipinski definition) is 0. The van der Waals surface area contributed by atoms with E-state index in [1.54, 1.807) is 0 Å². The van der Waals surface area contributed by atoms with E-state index >= 15 is 0 Å². The number of aromatic amines is 1. The number of H-pyrrole nitrogens is 1. The fourth-order valence-electron chi connectivity index (χ4n) is 2.53. The smallest absolute Gasteiger partial charge is 0.211 e. The zero-order valence-corrected chi connectivity index (χ0v) is 12.3. The first-order chi connectivity index (χ1) is 9.55. The molecule has 100 valence electrons. The average Bonchev–Trinajstić information content (AvgIpc) is 2.46. The van der Waals surface area contributed by atoms with Crippen LogP contribution in [0, 0.1) is 0 Å².